The van der Waals surface area contributed by atoms with E-state index in [9.17, 15) is 9.90 Å². The molecule has 0 radical (unpaired) electrons. The summed E-state index contributed by atoms with van der Waals surface area (Å²) in [5, 5.41) is 18.4. The molecule has 1 aliphatic heterocycles. The van der Waals surface area contributed by atoms with Gasteiger partial charge in [0.15, 0.2) is 5.82 Å². The first-order chi connectivity index (χ1) is 14.0. The largest absolute Gasteiger partial charge is 0.476 e. The van der Waals surface area contributed by atoms with E-state index in [-0.39, 0.29) is 5.69 Å². The molecule has 7 heteroatoms. The summed E-state index contributed by atoms with van der Waals surface area (Å²) in [5.41, 5.74) is 4.35. The Kier molecular flexibility index (Phi) is 5.31. The maximum absolute atomic E-state index is 11.8. The van der Waals surface area contributed by atoms with Gasteiger partial charge in [-0.1, -0.05) is 36.4 Å². The summed E-state index contributed by atoms with van der Waals surface area (Å²) < 4.78 is 0. The number of carboxylic acid groups (broad SMARTS) is 1. The van der Waals surface area contributed by atoms with Crippen LogP contribution in [0.2, 0.25) is 0 Å². The van der Waals surface area contributed by atoms with Crippen LogP contribution in [0.4, 0.5) is 5.82 Å². The van der Waals surface area contributed by atoms with E-state index in [0.29, 0.717) is 5.82 Å². The Labute approximate surface area is 170 Å². The van der Waals surface area contributed by atoms with Crippen molar-refractivity contribution in [3.63, 3.8) is 0 Å². The normalized spacial score (nSPS) is 14.9. The van der Waals surface area contributed by atoms with Gasteiger partial charge in [-0.3, -0.25) is 4.90 Å². The molecule has 0 spiro atoms. The average molecular weight is 391 g/mol. The zero-order valence-electron chi connectivity index (χ0n) is 16.7. The molecule has 1 fully saturated rings. The van der Waals surface area contributed by atoms with Crippen LogP contribution < -0.4 is 4.90 Å². The second-order valence-electron chi connectivity index (χ2n) is 7.48. The van der Waals surface area contributed by atoms with E-state index < -0.39 is 5.97 Å². The molecule has 3 aromatic rings. The van der Waals surface area contributed by atoms with Crippen LogP contribution in [-0.4, -0.2) is 57.1 Å². The van der Waals surface area contributed by atoms with Crippen LogP contribution in [0.3, 0.4) is 0 Å². The summed E-state index contributed by atoms with van der Waals surface area (Å²) in [6.07, 6.45) is 0. The zero-order chi connectivity index (χ0) is 20.4. The van der Waals surface area contributed by atoms with Gasteiger partial charge in [0.1, 0.15) is 0 Å². The highest BCUT2D eigenvalue weighted by Gasteiger charge is 2.26. The summed E-state index contributed by atoms with van der Waals surface area (Å²) in [6, 6.07) is 16.3. The molecule has 0 bridgehead atoms. The van der Waals surface area contributed by atoms with Crippen molar-refractivity contribution in [2.75, 3.05) is 31.1 Å². The van der Waals surface area contributed by atoms with Gasteiger partial charge < -0.3 is 10.0 Å². The molecule has 2 aromatic carbocycles. The smallest absolute Gasteiger partial charge is 0.360 e. The van der Waals surface area contributed by atoms with Gasteiger partial charge in [-0.25, -0.2) is 4.79 Å². The second kappa shape index (κ2) is 8.05. The lowest BCUT2D eigenvalue weighted by molar-refractivity contribution is 0.0690. The Bertz CT molecular complexity index is 1010. The number of rotatable bonds is 5. The van der Waals surface area contributed by atoms with Gasteiger partial charge in [-0.15, -0.1) is 15.0 Å². The predicted molar refractivity (Wildman–Crippen MR) is 112 cm³/mol. The standard InChI is InChI=1S/C22H25N5O2/c1-16-8-9-19(14-17(16)2)27-23-20(22(28)29)21(24-27)26-12-10-25(11-13-26)15-18-6-4-3-5-7-18/h3-9,14H,10-13,15H2,1-2H3,(H,28,29). The van der Waals surface area contributed by atoms with Crippen LogP contribution in [0.15, 0.2) is 48.5 Å². The van der Waals surface area contributed by atoms with E-state index in [4.69, 9.17) is 0 Å². The van der Waals surface area contributed by atoms with Crippen molar-refractivity contribution >= 4 is 11.8 Å². The topological polar surface area (TPSA) is 74.5 Å². The molecule has 0 amide bonds. The van der Waals surface area contributed by atoms with Gasteiger partial charge >= 0.3 is 5.97 Å². The maximum atomic E-state index is 11.8. The third-order valence-corrected chi connectivity index (χ3v) is 5.44. The number of piperazine rings is 1. The second-order valence-corrected chi connectivity index (χ2v) is 7.48. The van der Waals surface area contributed by atoms with Crippen molar-refractivity contribution in [2.24, 2.45) is 0 Å². The first kappa shape index (κ1) is 19.1. The van der Waals surface area contributed by atoms with E-state index in [1.54, 1.807) is 0 Å². The third kappa shape index (κ3) is 4.14. The van der Waals surface area contributed by atoms with Crippen molar-refractivity contribution in [3.8, 4) is 5.69 Å². The van der Waals surface area contributed by atoms with Crippen LogP contribution in [0.25, 0.3) is 5.69 Å². The quantitative estimate of drug-likeness (QED) is 0.721. The monoisotopic (exact) mass is 391 g/mol. The number of hydrogen-bond acceptors (Lipinski definition) is 5. The number of carboxylic acids is 1. The van der Waals surface area contributed by atoms with E-state index in [1.165, 1.54) is 15.9 Å². The van der Waals surface area contributed by atoms with Crippen LogP contribution >= 0.6 is 0 Å². The number of hydrogen-bond donors (Lipinski definition) is 1. The lowest BCUT2D eigenvalue weighted by atomic mass is 10.1. The molecule has 1 saturated heterocycles. The Morgan fingerprint density at radius 1 is 0.966 bits per heavy atom. The number of anilines is 1. The molecule has 0 atom stereocenters. The van der Waals surface area contributed by atoms with Gasteiger partial charge in [0.05, 0.1) is 5.69 Å². The van der Waals surface area contributed by atoms with Crippen molar-refractivity contribution < 1.29 is 9.90 Å². The van der Waals surface area contributed by atoms with Gasteiger partial charge in [-0.05, 0) is 42.7 Å². The minimum Gasteiger partial charge on any atom is -0.476 e. The zero-order valence-corrected chi connectivity index (χ0v) is 16.7. The minimum atomic E-state index is -1.05. The Morgan fingerprint density at radius 3 is 2.34 bits per heavy atom. The number of carbonyl (C=O) groups is 1. The number of aryl methyl sites for hydroxylation is 2. The summed E-state index contributed by atoms with van der Waals surface area (Å²) in [7, 11) is 0. The highest BCUT2D eigenvalue weighted by Crippen LogP contribution is 2.21. The van der Waals surface area contributed by atoms with E-state index in [1.807, 2.05) is 43.0 Å². The lowest BCUT2D eigenvalue weighted by Crippen LogP contribution is -2.46. The molecule has 0 unspecified atom stereocenters. The van der Waals surface area contributed by atoms with Crippen LogP contribution in [0, 0.1) is 13.8 Å². The van der Waals surface area contributed by atoms with Crippen molar-refractivity contribution in [2.45, 2.75) is 20.4 Å². The molecule has 7 nitrogen and oxygen atoms in total. The molecule has 0 saturated carbocycles. The molecule has 2 heterocycles. The molecule has 1 aliphatic rings. The minimum absolute atomic E-state index is 0.000243. The lowest BCUT2D eigenvalue weighted by Gasteiger charge is -2.34. The summed E-state index contributed by atoms with van der Waals surface area (Å²) in [5.74, 6) is -0.614. The molecular formula is C22H25N5O2. The van der Waals surface area contributed by atoms with Crippen LogP contribution in [-0.2, 0) is 6.54 Å². The van der Waals surface area contributed by atoms with E-state index in [2.05, 4.69) is 39.4 Å². The van der Waals surface area contributed by atoms with Crippen molar-refractivity contribution in [3.05, 3.63) is 70.9 Å². The maximum Gasteiger partial charge on any atom is 0.360 e. The number of aromatic nitrogens is 3. The Morgan fingerprint density at radius 2 is 1.69 bits per heavy atom. The first-order valence-corrected chi connectivity index (χ1v) is 9.81. The molecule has 0 aliphatic carbocycles. The summed E-state index contributed by atoms with van der Waals surface area (Å²) >= 11 is 0. The molecule has 4 rings (SSSR count). The SMILES string of the molecule is Cc1ccc(-n2nc(C(=O)O)c(N3CCN(Cc4ccccc4)CC3)n2)cc1C. The van der Waals surface area contributed by atoms with Gasteiger partial charge in [0.25, 0.3) is 0 Å². The third-order valence-electron chi connectivity index (χ3n) is 5.44. The number of aromatic carboxylic acids is 1. The Hall–Kier alpha value is -3.19. The predicted octanol–water partition coefficient (Wildman–Crippen LogP) is 2.90. The van der Waals surface area contributed by atoms with Crippen molar-refractivity contribution in [1.82, 2.24) is 19.9 Å². The highest BCUT2D eigenvalue weighted by atomic mass is 16.4. The van der Waals surface area contributed by atoms with Gasteiger partial charge in [-0.2, -0.15) is 0 Å². The number of nitrogens with zero attached hydrogens (tertiary/aromatic N) is 5. The summed E-state index contributed by atoms with van der Waals surface area (Å²) in [6.45, 7) is 8.11. The highest BCUT2D eigenvalue weighted by molar-refractivity contribution is 5.91. The van der Waals surface area contributed by atoms with E-state index >= 15 is 0 Å². The summed E-state index contributed by atoms with van der Waals surface area (Å²) in [4.78, 5) is 17.6. The molecule has 150 valence electrons. The van der Waals surface area contributed by atoms with Gasteiger partial charge in [0, 0.05) is 32.7 Å². The number of benzene rings is 2. The molecule has 1 N–H and O–H groups in total. The van der Waals surface area contributed by atoms with E-state index in [0.717, 1.165) is 44.0 Å². The van der Waals surface area contributed by atoms with Crippen LogP contribution in [0.5, 0.6) is 0 Å². The first-order valence-electron chi connectivity index (χ1n) is 9.81. The van der Waals surface area contributed by atoms with Gasteiger partial charge in [0.2, 0.25) is 5.69 Å². The molecular weight excluding hydrogens is 366 g/mol. The molecule has 1 aromatic heterocycles. The Balaban J connectivity index is 1.51. The average Bonchev–Trinajstić information content (AvgIpc) is 3.17. The fourth-order valence-corrected chi connectivity index (χ4v) is 3.58. The van der Waals surface area contributed by atoms with Crippen LogP contribution in [0.1, 0.15) is 27.2 Å². The fraction of sp³-hybridized carbons (Fsp3) is 0.318. The fourth-order valence-electron chi connectivity index (χ4n) is 3.58. The molecule has 29 heavy (non-hydrogen) atoms. The van der Waals surface area contributed by atoms with Crippen molar-refractivity contribution in [1.29, 1.82) is 0 Å².